The summed E-state index contributed by atoms with van der Waals surface area (Å²) in [5.41, 5.74) is 0.237. The van der Waals surface area contributed by atoms with E-state index in [-0.39, 0.29) is 12.3 Å². The number of nitrogens with zero attached hydrogens (tertiary/aromatic N) is 1. The molecule has 8 heteroatoms. The van der Waals surface area contributed by atoms with Gasteiger partial charge in [-0.3, -0.25) is 9.36 Å². The topological polar surface area (TPSA) is 99.1 Å². The number of carbonyl (C=O) groups excluding carboxylic acids is 1. The predicted octanol–water partition coefficient (Wildman–Crippen LogP) is 2.05. The lowest BCUT2D eigenvalue weighted by Crippen LogP contribution is -2.36. The number of hydrogen-bond acceptors (Lipinski definition) is 4. The number of nitrogens with one attached hydrogen (secondary N) is 1. The van der Waals surface area contributed by atoms with Gasteiger partial charge >= 0.3 is 7.60 Å². The molecule has 1 heterocycles. The summed E-state index contributed by atoms with van der Waals surface area (Å²) in [6.07, 6.45) is 0.141. The second-order valence-electron chi connectivity index (χ2n) is 6.37. The molecule has 0 aromatic heterocycles. The monoisotopic (exact) mass is 356 g/mol. The van der Waals surface area contributed by atoms with E-state index in [0.717, 1.165) is 18.8 Å². The molecule has 1 unspecified atom stereocenters. The quantitative estimate of drug-likeness (QED) is 0.675. The van der Waals surface area contributed by atoms with Gasteiger partial charge in [0.1, 0.15) is 5.66 Å². The molecule has 3 N–H and O–H groups in total. The molecule has 0 saturated carbocycles. The van der Waals surface area contributed by atoms with Gasteiger partial charge in [-0.25, -0.2) is 0 Å². The molecule has 0 bridgehead atoms. The standard InChI is InChI=1S/C16H25N2O5P/c1-12(2)11-15(24(20,21)22)16(19)17-13-3-5-14(6-4-13)18-7-9-23-10-8-18/h3-6,12,15H,7-11H2,1-2H3,(H,17,19)(H2,20,21,22). The Hall–Kier alpha value is -1.40. The number of rotatable bonds is 6. The van der Waals surface area contributed by atoms with Crippen molar-refractivity contribution in [1.29, 1.82) is 0 Å². The van der Waals surface area contributed by atoms with Crippen molar-refractivity contribution in [2.24, 2.45) is 5.92 Å². The number of anilines is 2. The maximum absolute atomic E-state index is 12.3. The Morgan fingerprint density at radius 1 is 1.25 bits per heavy atom. The number of ether oxygens (including phenoxy) is 1. The lowest BCUT2D eigenvalue weighted by atomic mass is 10.1. The van der Waals surface area contributed by atoms with E-state index in [1.165, 1.54) is 0 Å². The molecule has 1 saturated heterocycles. The molecular formula is C16H25N2O5P. The van der Waals surface area contributed by atoms with E-state index in [2.05, 4.69) is 10.2 Å². The normalized spacial score (nSPS) is 17.0. The van der Waals surface area contributed by atoms with Crippen molar-refractivity contribution in [2.75, 3.05) is 36.5 Å². The summed E-state index contributed by atoms with van der Waals surface area (Å²) >= 11 is 0. The molecule has 0 aliphatic carbocycles. The molecule has 134 valence electrons. The number of hydrogen-bond donors (Lipinski definition) is 3. The number of amides is 1. The van der Waals surface area contributed by atoms with Crippen LogP contribution in [0.3, 0.4) is 0 Å². The van der Waals surface area contributed by atoms with Crippen LogP contribution in [0, 0.1) is 5.92 Å². The highest BCUT2D eigenvalue weighted by Gasteiger charge is 2.36. The first kappa shape index (κ1) is 18.9. The van der Waals surface area contributed by atoms with Crippen molar-refractivity contribution in [3.63, 3.8) is 0 Å². The largest absolute Gasteiger partial charge is 0.378 e. The third-order valence-corrected chi connectivity index (χ3v) is 5.17. The van der Waals surface area contributed by atoms with Crippen LogP contribution in [0.25, 0.3) is 0 Å². The van der Waals surface area contributed by atoms with E-state index in [0.29, 0.717) is 18.9 Å². The van der Waals surface area contributed by atoms with Gasteiger partial charge < -0.3 is 24.7 Å². The van der Waals surface area contributed by atoms with Gasteiger partial charge in [0.2, 0.25) is 5.91 Å². The lowest BCUT2D eigenvalue weighted by Gasteiger charge is -2.29. The molecule has 0 spiro atoms. The molecular weight excluding hydrogens is 331 g/mol. The summed E-state index contributed by atoms with van der Waals surface area (Å²) in [5, 5.41) is 2.61. The van der Waals surface area contributed by atoms with Gasteiger partial charge in [-0.15, -0.1) is 0 Å². The van der Waals surface area contributed by atoms with Gasteiger partial charge in [0, 0.05) is 24.5 Å². The van der Waals surface area contributed by atoms with Crippen LogP contribution in [0.4, 0.5) is 11.4 Å². The maximum atomic E-state index is 12.3. The molecule has 1 atom stereocenters. The Kier molecular flexibility index (Phi) is 6.40. The van der Waals surface area contributed by atoms with Gasteiger partial charge in [0.25, 0.3) is 0 Å². The van der Waals surface area contributed by atoms with E-state index in [1.807, 2.05) is 26.0 Å². The molecule has 1 aliphatic heterocycles. The molecule has 1 aliphatic rings. The summed E-state index contributed by atoms with van der Waals surface area (Å²) in [5.74, 6) is -0.631. The summed E-state index contributed by atoms with van der Waals surface area (Å²) < 4.78 is 16.9. The molecule has 7 nitrogen and oxygen atoms in total. The van der Waals surface area contributed by atoms with Crippen molar-refractivity contribution in [2.45, 2.75) is 25.9 Å². The molecule has 24 heavy (non-hydrogen) atoms. The maximum Gasteiger partial charge on any atom is 0.337 e. The second-order valence-corrected chi connectivity index (χ2v) is 8.17. The zero-order chi connectivity index (χ0) is 17.7. The first-order chi connectivity index (χ1) is 11.3. The molecule has 1 fully saturated rings. The molecule has 0 radical (unpaired) electrons. The van der Waals surface area contributed by atoms with Crippen molar-refractivity contribution >= 4 is 24.9 Å². The predicted molar refractivity (Wildman–Crippen MR) is 93.4 cm³/mol. The van der Waals surface area contributed by atoms with Crippen LogP contribution in [-0.4, -0.2) is 47.7 Å². The fourth-order valence-electron chi connectivity index (χ4n) is 2.65. The van der Waals surface area contributed by atoms with Gasteiger partial charge in [-0.2, -0.15) is 0 Å². The van der Waals surface area contributed by atoms with E-state index in [1.54, 1.807) is 12.1 Å². The van der Waals surface area contributed by atoms with E-state index < -0.39 is 19.2 Å². The molecule has 1 aromatic carbocycles. The summed E-state index contributed by atoms with van der Waals surface area (Å²) in [6, 6.07) is 7.26. The van der Waals surface area contributed by atoms with E-state index >= 15 is 0 Å². The average molecular weight is 356 g/mol. The van der Waals surface area contributed by atoms with E-state index in [9.17, 15) is 19.1 Å². The van der Waals surface area contributed by atoms with Gasteiger partial charge in [0.05, 0.1) is 13.2 Å². The Morgan fingerprint density at radius 3 is 2.33 bits per heavy atom. The Balaban J connectivity index is 2.03. The zero-order valence-corrected chi connectivity index (χ0v) is 14.9. The van der Waals surface area contributed by atoms with Crippen LogP contribution in [0.1, 0.15) is 20.3 Å². The zero-order valence-electron chi connectivity index (χ0n) is 14.0. The Bertz CT molecular complexity index is 593. The summed E-state index contributed by atoms with van der Waals surface area (Å²) in [6.45, 7) is 6.68. The first-order valence-electron chi connectivity index (χ1n) is 8.06. The molecule has 1 amide bonds. The van der Waals surface area contributed by atoms with Crippen LogP contribution in [-0.2, 0) is 14.1 Å². The fraction of sp³-hybridized carbons (Fsp3) is 0.562. The highest BCUT2D eigenvalue weighted by Crippen LogP contribution is 2.44. The number of benzene rings is 1. The van der Waals surface area contributed by atoms with Crippen molar-refractivity contribution in [1.82, 2.24) is 0 Å². The average Bonchev–Trinajstić information content (AvgIpc) is 2.53. The summed E-state index contributed by atoms with van der Waals surface area (Å²) in [4.78, 5) is 33.3. The molecule has 1 aromatic rings. The van der Waals surface area contributed by atoms with Gasteiger partial charge in [0.15, 0.2) is 0 Å². The highest BCUT2D eigenvalue weighted by atomic mass is 31.2. The van der Waals surface area contributed by atoms with Crippen LogP contribution in [0.2, 0.25) is 0 Å². The SMILES string of the molecule is CC(C)CC(C(=O)Nc1ccc(N2CCOCC2)cc1)P(=O)(O)O. The minimum absolute atomic E-state index is 0.0112. The van der Waals surface area contributed by atoms with Gasteiger partial charge in [-0.1, -0.05) is 13.8 Å². The lowest BCUT2D eigenvalue weighted by molar-refractivity contribution is -0.116. The smallest absolute Gasteiger partial charge is 0.337 e. The van der Waals surface area contributed by atoms with Crippen molar-refractivity contribution in [3.8, 4) is 0 Å². The minimum atomic E-state index is -4.49. The minimum Gasteiger partial charge on any atom is -0.378 e. The number of carbonyl (C=O) groups is 1. The van der Waals surface area contributed by atoms with Crippen LogP contribution >= 0.6 is 7.60 Å². The highest BCUT2D eigenvalue weighted by molar-refractivity contribution is 7.53. The van der Waals surface area contributed by atoms with Crippen LogP contribution < -0.4 is 10.2 Å². The third-order valence-electron chi connectivity index (χ3n) is 3.91. The van der Waals surface area contributed by atoms with E-state index in [4.69, 9.17) is 4.74 Å². The Labute approximate surface area is 142 Å². The fourth-order valence-corrected chi connectivity index (χ4v) is 3.71. The summed E-state index contributed by atoms with van der Waals surface area (Å²) in [7, 11) is -4.49. The molecule has 2 rings (SSSR count). The van der Waals surface area contributed by atoms with Crippen LogP contribution in [0.5, 0.6) is 0 Å². The van der Waals surface area contributed by atoms with Crippen molar-refractivity contribution < 1.29 is 23.9 Å². The van der Waals surface area contributed by atoms with Gasteiger partial charge in [-0.05, 0) is 36.6 Å². The number of morpholine rings is 1. The second kappa shape index (κ2) is 8.12. The van der Waals surface area contributed by atoms with Crippen LogP contribution in [0.15, 0.2) is 24.3 Å². The third kappa shape index (κ3) is 5.31. The Morgan fingerprint density at radius 2 is 1.83 bits per heavy atom. The first-order valence-corrected chi connectivity index (χ1v) is 9.74. The van der Waals surface area contributed by atoms with Crippen molar-refractivity contribution in [3.05, 3.63) is 24.3 Å².